The van der Waals surface area contributed by atoms with Crippen LogP contribution in [0.25, 0.3) is 11.1 Å². The average molecular weight is 358 g/mol. The standard InChI is InChI=1S/C18H18N2O4S/c1-24-18(21)4-2-3-13-7-10-16(17(11-13)25(20,22)23)15-8-5-14(12-19)6-9-15/h5-11H,2-4H2,1H3,(H2,20,22,23). The molecule has 0 aliphatic rings. The Kier molecular flexibility index (Phi) is 5.91. The van der Waals surface area contributed by atoms with Crippen LogP contribution in [0.3, 0.4) is 0 Å². The Morgan fingerprint density at radius 1 is 1.20 bits per heavy atom. The lowest BCUT2D eigenvalue weighted by Crippen LogP contribution is -2.14. The average Bonchev–Trinajstić information content (AvgIpc) is 2.61. The Morgan fingerprint density at radius 3 is 2.44 bits per heavy atom. The minimum Gasteiger partial charge on any atom is -0.469 e. The molecule has 2 aromatic rings. The summed E-state index contributed by atoms with van der Waals surface area (Å²) in [5, 5.41) is 14.2. The van der Waals surface area contributed by atoms with Crippen LogP contribution in [0.5, 0.6) is 0 Å². The van der Waals surface area contributed by atoms with Crippen molar-refractivity contribution in [2.24, 2.45) is 5.14 Å². The normalized spacial score (nSPS) is 10.9. The molecule has 0 aliphatic carbocycles. The third-order valence-electron chi connectivity index (χ3n) is 3.75. The predicted molar refractivity (Wildman–Crippen MR) is 92.9 cm³/mol. The zero-order valence-electron chi connectivity index (χ0n) is 13.7. The molecule has 2 N–H and O–H groups in total. The molecular weight excluding hydrogens is 340 g/mol. The first-order valence-electron chi connectivity index (χ1n) is 7.58. The van der Waals surface area contributed by atoms with Crippen LogP contribution < -0.4 is 5.14 Å². The van der Waals surface area contributed by atoms with Crippen molar-refractivity contribution in [1.29, 1.82) is 5.26 Å². The number of hydrogen-bond acceptors (Lipinski definition) is 5. The first-order chi connectivity index (χ1) is 11.8. The second kappa shape index (κ2) is 7.92. The number of primary sulfonamides is 1. The van der Waals surface area contributed by atoms with Crippen LogP contribution in [0.1, 0.15) is 24.0 Å². The van der Waals surface area contributed by atoms with E-state index >= 15 is 0 Å². The summed E-state index contributed by atoms with van der Waals surface area (Å²) in [6.07, 6.45) is 1.34. The van der Waals surface area contributed by atoms with Gasteiger partial charge in [-0.15, -0.1) is 0 Å². The van der Waals surface area contributed by atoms with E-state index in [2.05, 4.69) is 4.74 Å². The van der Waals surface area contributed by atoms with Gasteiger partial charge in [-0.25, -0.2) is 13.6 Å². The third-order valence-corrected chi connectivity index (χ3v) is 4.70. The molecule has 6 nitrogen and oxygen atoms in total. The zero-order valence-corrected chi connectivity index (χ0v) is 14.5. The lowest BCUT2D eigenvalue weighted by molar-refractivity contribution is -0.140. The fraction of sp³-hybridized carbons (Fsp3) is 0.222. The molecule has 25 heavy (non-hydrogen) atoms. The van der Waals surface area contributed by atoms with E-state index < -0.39 is 10.0 Å². The maximum atomic E-state index is 12.0. The summed E-state index contributed by atoms with van der Waals surface area (Å²) in [5.41, 5.74) is 2.39. The lowest BCUT2D eigenvalue weighted by Gasteiger charge is -2.11. The second-order valence-electron chi connectivity index (χ2n) is 5.49. The highest BCUT2D eigenvalue weighted by Crippen LogP contribution is 2.28. The Labute approximate surface area is 146 Å². The van der Waals surface area contributed by atoms with Gasteiger partial charge in [0.2, 0.25) is 10.0 Å². The van der Waals surface area contributed by atoms with Crippen molar-refractivity contribution < 1.29 is 17.9 Å². The highest BCUT2D eigenvalue weighted by Gasteiger charge is 2.16. The number of methoxy groups -OCH3 is 1. The van der Waals surface area contributed by atoms with Gasteiger partial charge in [-0.1, -0.05) is 24.3 Å². The van der Waals surface area contributed by atoms with Crippen LogP contribution in [-0.2, 0) is 26.0 Å². The third kappa shape index (κ3) is 4.89. The molecule has 0 fully saturated rings. The number of carbonyl (C=O) groups excluding carboxylic acids is 1. The molecule has 0 atom stereocenters. The molecule has 0 amide bonds. The fourth-order valence-corrected chi connectivity index (χ4v) is 3.27. The van der Waals surface area contributed by atoms with Gasteiger partial charge in [0, 0.05) is 12.0 Å². The molecule has 0 saturated carbocycles. The number of carbonyl (C=O) groups is 1. The van der Waals surface area contributed by atoms with Crippen molar-refractivity contribution in [2.45, 2.75) is 24.2 Å². The van der Waals surface area contributed by atoms with Crippen molar-refractivity contribution in [2.75, 3.05) is 7.11 Å². The zero-order chi connectivity index (χ0) is 18.4. The maximum absolute atomic E-state index is 12.0. The van der Waals surface area contributed by atoms with Crippen LogP contribution in [0.15, 0.2) is 47.4 Å². The molecule has 0 saturated heterocycles. The van der Waals surface area contributed by atoms with E-state index in [0.29, 0.717) is 29.5 Å². The molecule has 130 valence electrons. The van der Waals surface area contributed by atoms with E-state index in [1.54, 1.807) is 36.4 Å². The number of rotatable bonds is 6. The first kappa shape index (κ1) is 18.6. The summed E-state index contributed by atoms with van der Waals surface area (Å²) in [6.45, 7) is 0. The summed E-state index contributed by atoms with van der Waals surface area (Å²) in [7, 11) is -2.60. The van der Waals surface area contributed by atoms with Gasteiger partial charge in [-0.3, -0.25) is 4.79 Å². The van der Waals surface area contributed by atoms with E-state index in [4.69, 9.17) is 10.4 Å². The van der Waals surface area contributed by atoms with Crippen molar-refractivity contribution in [3.8, 4) is 17.2 Å². The van der Waals surface area contributed by atoms with Crippen LogP contribution >= 0.6 is 0 Å². The number of aryl methyl sites for hydroxylation is 1. The maximum Gasteiger partial charge on any atom is 0.305 e. The lowest BCUT2D eigenvalue weighted by atomic mass is 10.0. The van der Waals surface area contributed by atoms with Crippen molar-refractivity contribution in [3.05, 3.63) is 53.6 Å². The van der Waals surface area contributed by atoms with Gasteiger partial charge in [0.05, 0.1) is 23.6 Å². The number of benzene rings is 2. The molecular formula is C18H18N2O4S. The van der Waals surface area contributed by atoms with E-state index in [0.717, 1.165) is 5.56 Å². The number of sulfonamides is 1. The summed E-state index contributed by atoms with van der Waals surface area (Å²) in [5.74, 6) is -0.305. The molecule has 0 heterocycles. The summed E-state index contributed by atoms with van der Waals surface area (Å²) < 4.78 is 28.5. The van der Waals surface area contributed by atoms with E-state index in [1.807, 2.05) is 6.07 Å². The molecule has 0 aromatic heterocycles. The van der Waals surface area contributed by atoms with Gasteiger partial charge < -0.3 is 4.74 Å². The molecule has 2 rings (SSSR count). The van der Waals surface area contributed by atoms with Gasteiger partial charge >= 0.3 is 5.97 Å². The highest BCUT2D eigenvalue weighted by molar-refractivity contribution is 7.89. The second-order valence-corrected chi connectivity index (χ2v) is 7.02. The van der Waals surface area contributed by atoms with Crippen molar-refractivity contribution in [1.82, 2.24) is 0 Å². The van der Waals surface area contributed by atoms with Gasteiger partial charge in [-0.2, -0.15) is 5.26 Å². The molecule has 0 radical (unpaired) electrons. The molecule has 0 bridgehead atoms. The van der Waals surface area contributed by atoms with Crippen molar-refractivity contribution >= 4 is 16.0 Å². The van der Waals surface area contributed by atoms with Crippen LogP contribution in [0, 0.1) is 11.3 Å². The SMILES string of the molecule is COC(=O)CCCc1ccc(-c2ccc(C#N)cc2)c(S(N)(=O)=O)c1. The number of nitriles is 1. The minimum absolute atomic E-state index is 0.0211. The highest BCUT2D eigenvalue weighted by atomic mass is 32.2. The topological polar surface area (TPSA) is 110 Å². The minimum atomic E-state index is -3.92. The van der Waals surface area contributed by atoms with Gasteiger partial charge in [-0.05, 0) is 42.2 Å². The summed E-state index contributed by atoms with van der Waals surface area (Å²) in [6, 6.07) is 13.6. The van der Waals surface area contributed by atoms with Gasteiger partial charge in [0.1, 0.15) is 0 Å². The predicted octanol–water partition coefficient (Wildman–Crippen LogP) is 2.37. The first-order valence-corrected chi connectivity index (χ1v) is 9.13. The molecule has 0 aliphatic heterocycles. The number of ether oxygens (including phenoxy) is 1. The largest absolute Gasteiger partial charge is 0.469 e. The molecule has 0 unspecified atom stereocenters. The Bertz CT molecular complexity index is 913. The van der Waals surface area contributed by atoms with Crippen molar-refractivity contribution in [3.63, 3.8) is 0 Å². The monoisotopic (exact) mass is 358 g/mol. The number of esters is 1. The van der Waals surface area contributed by atoms with Gasteiger partial charge in [0.25, 0.3) is 0 Å². The quantitative estimate of drug-likeness (QED) is 0.797. The van der Waals surface area contributed by atoms with Crippen LogP contribution in [0.4, 0.5) is 0 Å². The molecule has 7 heteroatoms. The number of nitrogens with two attached hydrogens (primary N) is 1. The Morgan fingerprint density at radius 2 is 1.88 bits per heavy atom. The van der Waals surface area contributed by atoms with Crippen LogP contribution in [-0.4, -0.2) is 21.5 Å². The fourth-order valence-electron chi connectivity index (χ4n) is 2.46. The Balaban J connectivity index is 2.34. The molecule has 2 aromatic carbocycles. The number of nitrogens with zero attached hydrogens (tertiary/aromatic N) is 1. The molecule has 0 spiro atoms. The van der Waals surface area contributed by atoms with Crippen LogP contribution in [0.2, 0.25) is 0 Å². The summed E-state index contributed by atoms with van der Waals surface area (Å²) in [4.78, 5) is 11.2. The van der Waals surface area contributed by atoms with E-state index in [9.17, 15) is 13.2 Å². The number of hydrogen-bond donors (Lipinski definition) is 1. The van der Waals surface area contributed by atoms with E-state index in [-0.39, 0.29) is 17.3 Å². The smallest absolute Gasteiger partial charge is 0.305 e. The Hall–Kier alpha value is -2.69. The van der Waals surface area contributed by atoms with Gasteiger partial charge in [0.15, 0.2) is 0 Å². The summed E-state index contributed by atoms with van der Waals surface area (Å²) >= 11 is 0. The van der Waals surface area contributed by atoms with E-state index in [1.165, 1.54) is 13.2 Å².